The van der Waals surface area contributed by atoms with Crippen LogP contribution in [0.5, 0.6) is 0 Å². The molecule has 0 unspecified atom stereocenters. The number of nitrogens with zero attached hydrogens (tertiary/aromatic N) is 3. The number of carbonyl (C=O) groups is 1. The number of aryl methyl sites for hydroxylation is 1. The summed E-state index contributed by atoms with van der Waals surface area (Å²) in [7, 11) is 1.77. The average Bonchev–Trinajstić information content (AvgIpc) is 2.55. The third-order valence-corrected chi connectivity index (χ3v) is 3.59. The minimum absolute atomic E-state index is 0.0146. The molecule has 0 atom stereocenters. The number of nitrogens with one attached hydrogen (secondary N) is 1. The molecular weight excluding hydrogens is 308 g/mol. The fourth-order valence-electron chi connectivity index (χ4n) is 2.28. The first-order valence-corrected chi connectivity index (χ1v) is 7.61. The number of carbonyl (C=O) groups excluding carboxylic acids is 1. The number of hydrogen-bond acceptors (Lipinski definition) is 5. The van der Waals surface area contributed by atoms with E-state index in [0.29, 0.717) is 31.0 Å². The predicted molar refractivity (Wildman–Crippen MR) is 91.7 cm³/mol. The number of benzene rings is 1. The van der Waals surface area contributed by atoms with Crippen molar-refractivity contribution in [1.29, 1.82) is 0 Å². The molecule has 2 aromatic rings. The average molecular weight is 328 g/mol. The molecule has 0 aliphatic carbocycles. The van der Waals surface area contributed by atoms with Gasteiger partial charge < -0.3 is 10.2 Å². The summed E-state index contributed by atoms with van der Waals surface area (Å²) in [6.07, 6.45) is 0.320. The van der Waals surface area contributed by atoms with Gasteiger partial charge in [-0.2, -0.15) is 0 Å². The van der Waals surface area contributed by atoms with Gasteiger partial charge in [0, 0.05) is 32.6 Å². The lowest BCUT2D eigenvalue weighted by Crippen LogP contribution is -2.27. The lowest BCUT2D eigenvalue weighted by atomic mass is 10.2. The second kappa shape index (κ2) is 8.05. The molecule has 2 rings (SSSR count). The fourth-order valence-corrected chi connectivity index (χ4v) is 2.28. The van der Waals surface area contributed by atoms with E-state index in [-0.39, 0.29) is 11.6 Å². The highest BCUT2D eigenvalue weighted by Gasteiger charge is 2.12. The van der Waals surface area contributed by atoms with E-state index in [4.69, 9.17) is 0 Å². The number of nitro groups is 1. The zero-order valence-corrected chi connectivity index (χ0v) is 13.7. The van der Waals surface area contributed by atoms with Crippen LogP contribution in [0.1, 0.15) is 17.7 Å². The summed E-state index contributed by atoms with van der Waals surface area (Å²) < 4.78 is 0. The van der Waals surface area contributed by atoms with Gasteiger partial charge in [0.25, 0.3) is 5.69 Å². The van der Waals surface area contributed by atoms with Crippen LogP contribution in [0.2, 0.25) is 0 Å². The number of aromatic nitrogens is 1. The number of rotatable bonds is 7. The normalized spacial score (nSPS) is 10.2. The number of pyridine rings is 1. The van der Waals surface area contributed by atoms with E-state index in [1.54, 1.807) is 24.9 Å². The van der Waals surface area contributed by atoms with Crippen molar-refractivity contribution in [2.24, 2.45) is 0 Å². The Kier molecular flexibility index (Phi) is 5.83. The molecule has 0 saturated carbocycles. The minimum atomic E-state index is -0.464. The molecule has 24 heavy (non-hydrogen) atoms. The Morgan fingerprint density at radius 2 is 1.96 bits per heavy atom. The van der Waals surface area contributed by atoms with Crippen molar-refractivity contribution in [2.75, 3.05) is 18.9 Å². The predicted octanol–water partition coefficient (Wildman–Crippen LogP) is 2.76. The van der Waals surface area contributed by atoms with Crippen LogP contribution in [0.25, 0.3) is 0 Å². The molecule has 1 aromatic heterocycles. The van der Waals surface area contributed by atoms with Gasteiger partial charge in [-0.25, -0.2) is 4.98 Å². The maximum Gasteiger partial charge on any atom is 0.290 e. The molecule has 0 aliphatic rings. The van der Waals surface area contributed by atoms with Gasteiger partial charge in [-0.05, 0) is 18.6 Å². The summed E-state index contributed by atoms with van der Waals surface area (Å²) >= 11 is 0. The molecule has 1 amide bonds. The van der Waals surface area contributed by atoms with Gasteiger partial charge in [0.05, 0.1) is 4.92 Å². The Bertz CT molecular complexity index is 719. The van der Waals surface area contributed by atoms with E-state index in [1.807, 2.05) is 30.3 Å². The highest BCUT2D eigenvalue weighted by Crippen LogP contribution is 2.17. The lowest BCUT2D eigenvalue weighted by Gasteiger charge is -2.17. The van der Waals surface area contributed by atoms with Crippen molar-refractivity contribution >= 4 is 17.4 Å². The first-order chi connectivity index (χ1) is 11.5. The summed E-state index contributed by atoms with van der Waals surface area (Å²) in [6.45, 7) is 2.57. The van der Waals surface area contributed by atoms with Gasteiger partial charge in [-0.15, -0.1) is 0 Å². The molecule has 126 valence electrons. The largest absolute Gasteiger partial charge is 0.370 e. The monoisotopic (exact) mass is 328 g/mol. The zero-order valence-electron chi connectivity index (χ0n) is 13.7. The molecule has 1 N–H and O–H groups in total. The van der Waals surface area contributed by atoms with E-state index in [1.165, 1.54) is 6.07 Å². The Morgan fingerprint density at radius 1 is 1.25 bits per heavy atom. The Hall–Kier alpha value is -2.96. The number of anilines is 1. The van der Waals surface area contributed by atoms with Crippen molar-refractivity contribution < 1.29 is 9.72 Å². The van der Waals surface area contributed by atoms with Crippen molar-refractivity contribution in [2.45, 2.75) is 19.9 Å². The standard InChI is InChI=1S/C17H20N4O3/c1-13-15(21(23)24)8-9-16(19-13)18-11-10-17(22)20(2)12-14-6-4-3-5-7-14/h3-9H,10-12H2,1-2H3,(H,18,19). The van der Waals surface area contributed by atoms with E-state index in [0.717, 1.165) is 5.56 Å². The minimum Gasteiger partial charge on any atom is -0.370 e. The van der Waals surface area contributed by atoms with Crippen molar-refractivity contribution in [1.82, 2.24) is 9.88 Å². The van der Waals surface area contributed by atoms with Gasteiger partial charge in [0.2, 0.25) is 5.91 Å². The molecule has 0 aliphatic heterocycles. The van der Waals surface area contributed by atoms with E-state index < -0.39 is 4.92 Å². The number of hydrogen-bond donors (Lipinski definition) is 1. The van der Waals surface area contributed by atoms with E-state index in [9.17, 15) is 14.9 Å². The van der Waals surface area contributed by atoms with Crippen LogP contribution in [0.3, 0.4) is 0 Å². The van der Waals surface area contributed by atoms with Crippen molar-refractivity contribution in [3.05, 3.63) is 63.8 Å². The van der Waals surface area contributed by atoms with Crippen LogP contribution in [-0.4, -0.2) is 34.3 Å². The highest BCUT2D eigenvalue weighted by molar-refractivity contribution is 5.76. The van der Waals surface area contributed by atoms with Crippen LogP contribution in [0, 0.1) is 17.0 Å². The topological polar surface area (TPSA) is 88.4 Å². The van der Waals surface area contributed by atoms with Gasteiger partial charge >= 0.3 is 0 Å². The molecule has 0 fully saturated rings. The van der Waals surface area contributed by atoms with Gasteiger partial charge in [-0.3, -0.25) is 14.9 Å². The SMILES string of the molecule is Cc1nc(NCCC(=O)N(C)Cc2ccccc2)ccc1[N+](=O)[O-]. The maximum atomic E-state index is 12.1. The molecule has 0 saturated heterocycles. The molecule has 0 spiro atoms. The van der Waals surface area contributed by atoms with Gasteiger partial charge in [0.1, 0.15) is 11.5 Å². The van der Waals surface area contributed by atoms with Crippen LogP contribution >= 0.6 is 0 Å². The molecule has 1 heterocycles. The quantitative estimate of drug-likeness (QED) is 0.623. The molecular formula is C17H20N4O3. The molecule has 0 bridgehead atoms. The third-order valence-electron chi connectivity index (χ3n) is 3.59. The first kappa shape index (κ1) is 17.4. The van der Waals surface area contributed by atoms with Crippen LogP contribution in [0.15, 0.2) is 42.5 Å². The molecule has 7 heteroatoms. The lowest BCUT2D eigenvalue weighted by molar-refractivity contribution is -0.385. The highest BCUT2D eigenvalue weighted by atomic mass is 16.6. The molecule has 0 radical (unpaired) electrons. The smallest absolute Gasteiger partial charge is 0.290 e. The van der Waals surface area contributed by atoms with Crippen LogP contribution < -0.4 is 5.32 Å². The van der Waals surface area contributed by atoms with E-state index in [2.05, 4.69) is 10.3 Å². The summed E-state index contributed by atoms with van der Waals surface area (Å²) in [6, 6.07) is 12.7. The van der Waals surface area contributed by atoms with Gasteiger partial charge in [-0.1, -0.05) is 30.3 Å². The maximum absolute atomic E-state index is 12.1. The second-order valence-corrected chi connectivity index (χ2v) is 5.47. The van der Waals surface area contributed by atoms with Crippen LogP contribution in [0.4, 0.5) is 11.5 Å². The summed E-state index contributed by atoms with van der Waals surface area (Å²) in [5.41, 5.74) is 1.41. The molecule has 7 nitrogen and oxygen atoms in total. The van der Waals surface area contributed by atoms with Gasteiger partial charge in [0.15, 0.2) is 0 Å². The third kappa shape index (κ3) is 4.77. The Balaban J connectivity index is 1.82. The summed E-state index contributed by atoms with van der Waals surface area (Å²) in [4.78, 5) is 28.2. The first-order valence-electron chi connectivity index (χ1n) is 7.61. The van der Waals surface area contributed by atoms with Crippen molar-refractivity contribution in [3.63, 3.8) is 0 Å². The van der Waals surface area contributed by atoms with Crippen molar-refractivity contribution in [3.8, 4) is 0 Å². The van der Waals surface area contributed by atoms with E-state index >= 15 is 0 Å². The molecule has 1 aromatic carbocycles. The second-order valence-electron chi connectivity index (χ2n) is 5.47. The fraction of sp³-hybridized carbons (Fsp3) is 0.294. The Morgan fingerprint density at radius 3 is 2.58 bits per heavy atom. The number of amides is 1. The summed E-state index contributed by atoms with van der Waals surface area (Å²) in [5, 5.41) is 13.8. The Labute approximate surface area is 140 Å². The van der Waals surface area contributed by atoms with Crippen LogP contribution in [-0.2, 0) is 11.3 Å². The summed E-state index contributed by atoms with van der Waals surface area (Å²) in [5.74, 6) is 0.543. The zero-order chi connectivity index (χ0) is 17.5.